The highest BCUT2D eigenvalue weighted by Gasteiger charge is 2.33. The van der Waals surface area contributed by atoms with Crippen LogP contribution in [0.3, 0.4) is 0 Å². The average Bonchev–Trinajstić information content (AvgIpc) is 3.14. The van der Waals surface area contributed by atoms with Crippen molar-refractivity contribution in [2.45, 2.75) is 26.8 Å². The van der Waals surface area contributed by atoms with Gasteiger partial charge in [-0.15, -0.1) is 0 Å². The van der Waals surface area contributed by atoms with Crippen LogP contribution in [0.2, 0.25) is 5.02 Å². The number of rotatable bonds is 6. The minimum atomic E-state index is -0.645. The molecule has 34 heavy (non-hydrogen) atoms. The van der Waals surface area contributed by atoms with Crippen LogP contribution in [-0.2, 0) is 9.53 Å². The average molecular weight is 496 g/mol. The lowest BCUT2D eigenvalue weighted by Gasteiger charge is -2.24. The first-order valence-electron chi connectivity index (χ1n) is 11.1. The molecule has 4 rings (SSSR count). The lowest BCUT2D eigenvalue weighted by molar-refractivity contribution is -0.136. The van der Waals surface area contributed by atoms with Gasteiger partial charge in [0.1, 0.15) is 0 Å². The fourth-order valence-electron chi connectivity index (χ4n) is 4.17. The van der Waals surface area contributed by atoms with E-state index < -0.39 is 12.0 Å². The van der Waals surface area contributed by atoms with Crippen LogP contribution in [0.5, 0.6) is 0 Å². The second kappa shape index (κ2) is 9.99. The molecule has 2 heterocycles. The number of carbonyl (C=O) groups excluding carboxylic acids is 1. The van der Waals surface area contributed by atoms with Crippen molar-refractivity contribution in [2.75, 3.05) is 25.1 Å². The van der Waals surface area contributed by atoms with Crippen molar-refractivity contribution in [3.05, 3.63) is 95.6 Å². The standard InChI is InChI=1S/C26H26ClN3O3S/c1-5-29(6-2)20-13-7-17(8-14-20)15-21-24(31)30-23(18-9-11-19(27)12-10-18)22(25(32)33-4)16(3)28-26(30)34-21/h7-15,23H,5-6H2,1-4H3/b21-15-. The van der Waals surface area contributed by atoms with E-state index in [0.29, 0.717) is 25.6 Å². The van der Waals surface area contributed by atoms with Crippen molar-refractivity contribution in [3.63, 3.8) is 0 Å². The Labute approximate surface area is 207 Å². The van der Waals surface area contributed by atoms with E-state index in [-0.39, 0.29) is 5.56 Å². The van der Waals surface area contributed by atoms with Crippen LogP contribution in [0.1, 0.15) is 37.9 Å². The zero-order chi connectivity index (χ0) is 24.4. The van der Waals surface area contributed by atoms with E-state index in [0.717, 1.165) is 29.9 Å². The Hall–Kier alpha value is -3.16. The third-order valence-corrected chi connectivity index (χ3v) is 7.17. The number of carbonyl (C=O) groups is 1. The first-order chi connectivity index (χ1) is 16.4. The third-order valence-electron chi connectivity index (χ3n) is 5.93. The van der Waals surface area contributed by atoms with Gasteiger partial charge in [-0.1, -0.05) is 47.2 Å². The Kier molecular flexibility index (Phi) is 7.05. The zero-order valence-corrected chi connectivity index (χ0v) is 21.1. The van der Waals surface area contributed by atoms with E-state index in [9.17, 15) is 9.59 Å². The van der Waals surface area contributed by atoms with Gasteiger partial charge in [-0.3, -0.25) is 9.36 Å². The zero-order valence-electron chi connectivity index (χ0n) is 19.5. The van der Waals surface area contributed by atoms with E-state index >= 15 is 0 Å². The highest BCUT2D eigenvalue weighted by molar-refractivity contribution is 7.07. The van der Waals surface area contributed by atoms with Gasteiger partial charge in [-0.25, -0.2) is 9.79 Å². The Bertz CT molecular complexity index is 1420. The van der Waals surface area contributed by atoms with Crippen LogP contribution < -0.4 is 19.8 Å². The number of hydrogen-bond acceptors (Lipinski definition) is 6. The van der Waals surface area contributed by atoms with Crippen LogP contribution in [0.25, 0.3) is 6.08 Å². The molecule has 0 spiro atoms. The quantitative estimate of drug-likeness (QED) is 0.486. The molecule has 6 nitrogen and oxygen atoms in total. The molecule has 1 unspecified atom stereocenters. The van der Waals surface area contributed by atoms with Gasteiger partial charge in [0.25, 0.3) is 5.56 Å². The Balaban J connectivity index is 1.85. The summed E-state index contributed by atoms with van der Waals surface area (Å²) in [5, 5.41) is 0.574. The maximum atomic E-state index is 13.6. The molecular formula is C26H26ClN3O3S. The minimum absolute atomic E-state index is 0.203. The predicted octanol–water partition coefficient (Wildman–Crippen LogP) is 3.91. The molecule has 2 aromatic carbocycles. The molecule has 1 atom stereocenters. The predicted molar refractivity (Wildman–Crippen MR) is 137 cm³/mol. The number of fused-ring (bicyclic) bond motifs is 1. The Morgan fingerprint density at radius 2 is 1.79 bits per heavy atom. The number of benzene rings is 2. The number of ether oxygens (including phenoxy) is 1. The molecule has 0 N–H and O–H groups in total. The maximum Gasteiger partial charge on any atom is 0.338 e. The van der Waals surface area contributed by atoms with Crippen molar-refractivity contribution in [2.24, 2.45) is 4.99 Å². The number of hydrogen-bond donors (Lipinski definition) is 0. The molecule has 0 bridgehead atoms. The van der Waals surface area contributed by atoms with E-state index in [4.69, 9.17) is 16.3 Å². The molecule has 0 amide bonds. The second-order valence-electron chi connectivity index (χ2n) is 7.89. The Morgan fingerprint density at radius 3 is 2.38 bits per heavy atom. The topological polar surface area (TPSA) is 63.9 Å². The molecule has 1 aromatic heterocycles. The molecule has 0 aliphatic carbocycles. The fourth-order valence-corrected chi connectivity index (χ4v) is 5.35. The van der Waals surface area contributed by atoms with Crippen LogP contribution in [-0.4, -0.2) is 30.7 Å². The summed E-state index contributed by atoms with van der Waals surface area (Å²) in [5.41, 5.74) is 3.49. The Morgan fingerprint density at radius 1 is 1.15 bits per heavy atom. The van der Waals surface area contributed by atoms with Crippen molar-refractivity contribution < 1.29 is 9.53 Å². The molecule has 0 saturated heterocycles. The summed E-state index contributed by atoms with van der Waals surface area (Å²) in [4.78, 5) is 33.7. The van der Waals surface area contributed by atoms with Crippen LogP contribution in [0.4, 0.5) is 5.69 Å². The lowest BCUT2D eigenvalue weighted by atomic mass is 9.96. The first-order valence-corrected chi connectivity index (χ1v) is 12.3. The van der Waals surface area contributed by atoms with Crippen molar-refractivity contribution in [3.8, 4) is 0 Å². The van der Waals surface area contributed by atoms with Gasteiger partial charge in [0.2, 0.25) is 0 Å². The van der Waals surface area contributed by atoms with E-state index in [1.807, 2.05) is 30.3 Å². The molecule has 3 aromatic rings. The van der Waals surface area contributed by atoms with Gasteiger partial charge < -0.3 is 9.64 Å². The van der Waals surface area contributed by atoms with Crippen molar-refractivity contribution in [1.82, 2.24) is 4.57 Å². The highest BCUT2D eigenvalue weighted by Crippen LogP contribution is 2.31. The second-order valence-corrected chi connectivity index (χ2v) is 9.33. The van der Waals surface area contributed by atoms with Gasteiger partial charge >= 0.3 is 5.97 Å². The number of methoxy groups -OCH3 is 1. The summed E-state index contributed by atoms with van der Waals surface area (Å²) in [7, 11) is 1.33. The summed E-state index contributed by atoms with van der Waals surface area (Å²) < 4.78 is 7.16. The van der Waals surface area contributed by atoms with Crippen LogP contribution >= 0.6 is 22.9 Å². The fraction of sp³-hybridized carbons (Fsp3) is 0.269. The number of halogens is 1. The molecule has 0 radical (unpaired) electrons. The van der Waals surface area contributed by atoms with Crippen LogP contribution in [0, 0.1) is 0 Å². The number of aromatic nitrogens is 1. The SMILES string of the molecule is CCN(CC)c1ccc(/C=c2\sc3n(c2=O)C(c2ccc(Cl)cc2)C(C(=O)OC)=C(C)N=3)cc1. The van der Waals surface area contributed by atoms with E-state index in [2.05, 4.69) is 35.9 Å². The summed E-state index contributed by atoms with van der Waals surface area (Å²) >= 11 is 7.39. The summed E-state index contributed by atoms with van der Waals surface area (Å²) in [5.74, 6) is -0.512. The number of anilines is 1. The van der Waals surface area contributed by atoms with Crippen molar-refractivity contribution >= 4 is 40.7 Å². The summed E-state index contributed by atoms with van der Waals surface area (Å²) in [6.07, 6.45) is 1.87. The minimum Gasteiger partial charge on any atom is -0.466 e. The first kappa shape index (κ1) is 24.0. The summed E-state index contributed by atoms with van der Waals surface area (Å²) in [6.45, 7) is 7.87. The smallest absolute Gasteiger partial charge is 0.338 e. The summed E-state index contributed by atoms with van der Waals surface area (Å²) in [6, 6.07) is 14.6. The molecule has 8 heteroatoms. The maximum absolute atomic E-state index is 13.6. The van der Waals surface area contributed by atoms with Crippen molar-refractivity contribution in [1.29, 1.82) is 0 Å². The normalized spacial score (nSPS) is 15.7. The number of esters is 1. The van der Waals surface area contributed by atoms with E-state index in [1.165, 1.54) is 18.4 Å². The highest BCUT2D eigenvalue weighted by atomic mass is 35.5. The molecule has 1 aliphatic rings. The van der Waals surface area contributed by atoms with Crippen LogP contribution in [0.15, 0.2) is 69.6 Å². The molecule has 176 valence electrons. The number of nitrogens with zero attached hydrogens (tertiary/aromatic N) is 3. The van der Waals surface area contributed by atoms with Gasteiger partial charge in [0.05, 0.1) is 29.0 Å². The van der Waals surface area contributed by atoms with E-state index in [1.54, 1.807) is 23.6 Å². The van der Waals surface area contributed by atoms with Gasteiger partial charge in [-0.2, -0.15) is 0 Å². The van der Waals surface area contributed by atoms with Gasteiger partial charge in [-0.05, 0) is 62.2 Å². The molecular weight excluding hydrogens is 470 g/mol. The van der Waals surface area contributed by atoms with Gasteiger partial charge in [0, 0.05) is 23.8 Å². The third kappa shape index (κ3) is 4.45. The molecule has 0 fully saturated rings. The molecule has 0 saturated carbocycles. The molecule has 1 aliphatic heterocycles. The number of thiazole rings is 1. The largest absolute Gasteiger partial charge is 0.466 e. The monoisotopic (exact) mass is 495 g/mol. The lowest BCUT2D eigenvalue weighted by Crippen LogP contribution is -2.39. The van der Waals surface area contributed by atoms with Gasteiger partial charge in [0.15, 0.2) is 4.80 Å². The number of allylic oxidation sites excluding steroid dienone is 1.